The number of likely N-dealkylation sites (N-methyl/N-ethyl adjacent to an activating group) is 1. The van der Waals surface area contributed by atoms with Gasteiger partial charge in [-0.25, -0.2) is 4.79 Å². The molecular formula is C13H27N3O. The smallest absolute Gasteiger partial charge is 0.314 e. The fraction of sp³-hybridized carbons (Fsp3) is 0.923. The summed E-state index contributed by atoms with van der Waals surface area (Å²) < 4.78 is 0. The molecule has 0 aliphatic carbocycles. The number of urea groups is 1. The maximum Gasteiger partial charge on any atom is 0.314 e. The lowest BCUT2D eigenvalue weighted by Gasteiger charge is -2.22. The van der Waals surface area contributed by atoms with E-state index in [0.29, 0.717) is 6.04 Å². The van der Waals surface area contributed by atoms with Gasteiger partial charge in [0, 0.05) is 19.1 Å². The first kappa shape index (κ1) is 14.3. The molecule has 100 valence electrons. The zero-order valence-corrected chi connectivity index (χ0v) is 11.3. The van der Waals surface area contributed by atoms with Crippen molar-refractivity contribution in [2.45, 2.75) is 52.0 Å². The molecule has 0 aromatic rings. The average Bonchev–Trinajstić information content (AvgIpc) is 2.79. The van der Waals surface area contributed by atoms with E-state index in [-0.39, 0.29) is 6.03 Å². The van der Waals surface area contributed by atoms with E-state index in [1.807, 2.05) is 0 Å². The van der Waals surface area contributed by atoms with Crippen LogP contribution in [0.1, 0.15) is 46.0 Å². The summed E-state index contributed by atoms with van der Waals surface area (Å²) in [7, 11) is 0. The number of unbranched alkanes of at least 4 members (excludes halogenated alkanes) is 2. The van der Waals surface area contributed by atoms with E-state index in [4.69, 9.17) is 0 Å². The summed E-state index contributed by atoms with van der Waals surface area (Å²) in [6, 6.07) is 0.533. The number of nitrogens with one attached hydrogen (secondary N) is 2. The van der Waals surface area contributed by atoms with Gasteiger partial charge in [-0.05, 0) is 32.4 Å². The van der Waals surface area contributed by atoms with Gasteiger partial charge in [0.05, 0.1) is 0 Å². The van der Waals surface area contributed by atoms with Crippen LogP contribution in [0, 0.1) is 0 Å². The molecule has 0 spiro atoms. The van der Waals surface area contributed by atoms with Gasteiger partial charge in [-0.3, -0.25) is 4.90 Å². The van der Waals surface area contributed by atoms with E-state index >= 15 is 0 Å². The largest absolute Gasteiger partial charge is 0.338 e. The summed E-state index contributed by atoms with van der Waals surface area (Å²) in [5, 5.41) is 5.88. The minimum atomic E-state index is -0.0101. The van der Waals surface area contributed by atoms with Crippen molar-refractivity contribution in [1.29, 1.82) is 0 Å². The molecule has 2 N–H and O–H groups in total. The standard InChI is InChI=1S/C13H27N3O/c1-3-5-6-9-14-13(17)15-11-12-8-7-10-16(12)4-2/h12H,3-11H2,1-2H3,(H2,14,15,17). The highest BCUT2D eigenvalue weighted by atomic mass is 16.2. The molecule has 0 saturated carbocycles. The number of hydrogen-bond acceptors (Lipinski definition) is 2. The van der Waals surface area contributed by atoms with Gasteiger partial charge in [0.25, 0.3) is 0 Å². The third-order valence-corrected chi connectivity index (χ3v) is 3.47. The third-order valence-electron chi connectivity index (χ3n) is 3.47. The van der Waals surface area contributed by atoms with Crippen LogP contribution in [0.5, 0.6) is 0 Å². The van der Waals surface area contributed by atoms with Gasteiger partial charge in [-0.1, -0.05) is 26.7 Å². The molecule has 0 bridgehead atoms. The minimum absolute atomic E-state index is 0.0101. The number of amides is 2. The number of likely N-dealkylation sites (tertiary alicyclic amines) is 1. The molecule has 1 aliphatic heterocycles. The van der Waals surface area contributed by atoms with E-state index in [1.54, 1.807) is 0 Å². The fourth-order valence-electron chi connectivity index (χ4n) is 2.39. The van der Waals surface area contributed by atoms with Gasteiger partial charge in [-0.15, -0.1) is 0 Å². The summed E-state index contributed by atoms with van der Waals surface area (Å²) in [6.45, 7) is 8.20. The van der Waals surface area contributed by atoms with Crippen LogP contribution in [-0.4, -0.2) is 43.2 Å². The van der Waals surface area contributed by atoms with Crippen molar-refractivity contribution in [2.75, 3.05) is 26.2 Å². The molecule has 1 rings (SSSR count). The second-order valence-electron chi connectivity index (χ2n) is 4.77. The molecule has 1 aliphatic rings. The highest BCUT2D eigenvalue weighted by molar-refractivity contribution is 5.73. The van der Waals surface area contributed by atoms with Crippen molar-refractivity contribution in [3.8, 4) is 0 Å². The Kier molecular flexibility index (Phi) is 7.01. The molecular weight excluding hydrogens is 214 g/mol. The van der Waals surface area contributed by atoms with Gasteiger partial charge < -0.3 is 10.6 Å². The van der Waals surface area contributed by atoms with Crippen molar-refractivity contribution >= 4 is 6.03 Å². The summed E-state index contributed by atoms with van der Waals surface area (Å²) in [4.78, 5) is 14.0. The Morgan fingerprint density at radius 2 is 2.12 bits per heavy atom. The number of carbonyl (C=O) groups is 1. The molecule has 0 radical (unpaired) electrons. The second-order valence-corrected chi connectivity index (χ2v) is 4.77. The number of hydrogen-bond donors (Lipinski definition) is 2. The topological polar surface area (TPSA) is 44.4 Å². The van der Waals surface area contributed by atoms with E-state index in [0.717, 1.165) is 26.1 Å². The van der Waals surface area contributed by atoms with Crippen molar-refractivity contribution in [3.63, 3.8) is 0 Å². The number of rotatable bonds is 7. The lowest BCUT2D eigenvalue weighted by molar-refractivity contribution is 0.228. The van der Waals surface area contributed by atoms with Crippen LogP contribution in [0.15, 0.2) is 0 Å². The van der Waals surface area contributed by atoms with Crippen molar-refractivity contribution < 1.29 is 4.79 Å². The average molecular weight is 241 g/mol. The highest BCUT2D eigenvalue weighted by Gasteiger charge is 2.22. The quantitative estimate of drug-likeness (QED) is 0.669. The van der Waals surface area contributed by atoms with Crippen molar-refractivity contribution in [1.82, 2.24) is 15.5 Å². The van der Waals surface area contributed by atoms with Crippen LogP contribution in [-0.2, 0) is 0 Å². The summed E-state index contributed by atoms with van der Waals surface area (Å²) >= 11 is 0. The predicted molar refractivity (Wildman–Crippen MR) is 71.2 cm³/mol. The zero-order chi connectivity index (χ0) is 12.5. The predicted octanol–water partition coefficient (Wildman–Crippen LogP) is 1.96. The fourth-order valence-corrected chi connectivity index (χ4v) is 2.39. The molecule has 17 heavy (non-hydrogen) atoms. The van der Waals surface area contributed by atoms with Gasteiger partial charge >= 0.3 is 6.03 Å². The molecule has 4 heteroatoms. The molecule has 1 fully saturated rings. The summed E-state index contributed by atoms with van der Waals surface area (Å²) in [5.74, 6) is 0. The van der Waals surface area contributed by atoms with Crippen molar-refractivity contribution in [3.05, 3.63) is 0 Å². The van der Waals surface area contributed by atoms with Crippen LogP contribution < -0.4 is 10.6 Å². The third kappa shape index (κ3) is 5.39. The van der Waals surface area contributed by atoms with Crippen LogP contribution in [0.2, 0.25) is 0 Å². The van der Waals surface area contributed by atoms with E-state index in [1.165, 1.54) is 32.2 Å². The molecule has 1 unspecified atom stereocenters. The van der Waals surface area contributed by atoms with Gasteiger partial charge in [0.1, 0.15) is 0 Å². The van der Waals surface area contributed by atoms with E-state index in [2.05, 4.69) is 29.4 Å². The van der Waals surface area contributed by atoms with E-state index in [9.17, 15) is 4.79 Å². The van der Waals surface area contributed by atoms with Crippen LogP contribution in [0.4, 0.5) is 4.79 Å². The molecule has 1 heterocycles. The Morgan fingerprint density at radius 1 is 1.29 bits per heavy atom. The zero-order valence-electron chi connectivity index (χ0n) is 11.3. The summed E-state index contributed by atoms with van der Waals surface area (Å²) in [5.41, 5.74) is 0. The lowest BCUT2D eigenvalue weighted by atomic mass is 10.2. The Labute approximate surface area is 105 Å². The number of carbonyl (C=O) groups excluding carboxylic acids is 1. The molecule has 1 atom stereocenters. The summed E-state index contributed by atoms with van der Waals surface area (Å²) in [6.07, 6.45) is 5.93. The van der Waals surface area contributed by atoms with Gasteiger partial charge in [-0.2, -0.15) is 0 Å². The van der Waals surface area contributed by atoms with Gasteiger partial charge in [0.2, 0.25) is 0 Å². The van der Waals surface area contributed by atoms with E-state index < -0.39 is 0 Å². The molecule has 0 aromatic heterocycles. The molecule has 0 aromatic carbocycles. The molecule has 2 amide bonds. The van der Waals surface area contributed by atoms with Crippen LogP contribution in [0.3, 0.4) is 0 Å². The van der Waals surface area contributed by atoms with Gasteiger partial charge in [0.15, 0.2) is 0 Å². The first-order valence-electron chi connectivity index (χ1n) is 7.03. The second kappa shape index (κ2) is 8.34. The monoisotopic (exact) mass is 241 g/mol. The minimum Gasteiger partial charge on any atom is -0.338 e. The Hall–Kier alpha value is -0.770. The number of nitrogens with zero attached hydrogens (tertiary/aromatic N) is 1. The SMILES string of the molecule is CCCCCNC(=O)NCC1CCCN1CC. The molecule has 4 nitrogen and oxygen atoms in total. The molecule has 1 saturated heterocycles. The first-order chi connectivity index (χ1) is 8.27. The Balaban J connectivity index is 2.06. The highest BCUT2D eigenvalue weighted by Crippen LogP contribution is 2.15. The van der Waals surface area contributed by atoms with Crippen molar-refractivity contribution in [2.24, 2.45) is 0 Å². The normalized spacial score (nSPS) is 20.5. The van der Waals surface area contributed by atoms with Crippen LogP contribution in [0.25, 0.3) is 0 Å². The van der Waals surface area contributed by atoms with Crippen LogP contribution >= 0.6 is 0 Å². The Morgan fingerprint density at radius 3 is 2.82 bits per heavy atom. The lowest BCUT2D eigenvalue weighted by Crippen LogP contribution is -2.44. The maximum absolute atomic E-state index is 11.5. The first-order valence-corrected chi connectivity index (χ1v) is 7.03. The maximum atomic E-state index is 11.5. The Bertz CT molecular complexity index is 221.